The highest BCUT2D eigenvalue weighted by molar-refractivity contribution is 5.92. The van der Waals surface area contributed by atoms with E-state index >= 15 is 0 Å². The Morgan fingerprint density at radius 1 is 0.515 bits per heavy atom. The molecule has 0 radical (unpaired) electrons. The molecule has 22 heteroatoms. The molecule has 6 aromatic carbocycles. The van der Waals surface area contributed by atoms with Gasteiger partial charge < -0.3 is 101 Å². The normalized spacial score (nSPS) is 15.2. The number of aromatic hydroxyl groups is 17. The van der Waals surface area contributed by atoms with Crippen LogP contribution in [0.25, 0.3) is 0 Å². The molecule has 0 fully saturated rings. The number of fused-ring (bicyclic) bond motifs is 1. The summed E-state index contributed by atoms with van der Waals surface area (Å²) in [5.41, 5.74) is -3.18. The van der Waals surface area contributed by atoms with Crippen LogP contribution in [-0.2, 0) is 22.3 Å². The molecule has 1 heterocycles. The van der Waals surface area contributed by atoms with E-state index in [1.165, 1.54) is 0 Å². The number of ether oxygens (including phenoxy) is 3. The quantitative estimate of drug-likeness (QED) is 0.0676. The standard InChI is InChI=1S/C44H36O22/c45-18-9-21(46)19(22(47)10-18)11-33(65-43(62)16-5-28(53)40(60)29(54)6-16)35(14-1-24(49)38(58)25(50)2-14)36-23(48)13-32-20(37(36)57)12-34(42(64-32)15-3-26(51)39(59)27(52)4-15)66-44(63)17-7-30(55)41(61)31(56)8-17/h1-10,13,33-35,42,45-61H,11-12H2/t33-,34-,35?,42-/m1/s1. The van der Waals surface area contributed by atoms with E-state index in [4.69, 9.17) is 14.2 Å². The van der Waals surface area contributed by atoms with Gasteiger partial charge in [0.1, 0.15) is 46.7 Å². The van der Waals surface area contributed by atoms with Crippen molar-refractivity contribution in [2.45, 2.75) is 37.1 Å². The zero-order valence-corrected chi connectivity index (χ0v) is 33.2. The molecule has 0 bridgehead atoms. The molecular weight excluding hydrogens is 880 g/mol. The highest BCUT2D eigenvalue weighted by atomic mass is 16.6. The summed E-state index contributed by atoms with van der Waals surface area (Å²) in [4.78, 5) is 27.5. The molecule has 7 rings (SSSR count). The first-order valence-corrected chi connectivity index (χ1v) is 18.9. The molecule has 0 saturated carbocycles. The van der Waals surface area contributed by atoms with E-state index in [0.29, 0.717) is 12.1 Å². The van der Waals surface area contributed by atoms with Crippen LogP contribution in [-0.4, -0.2) is 111 Å². The molecule has 1 aliphatic rings. The van der Waals surface area contributed by atoms with Crippen LogP contribution in [0.1, 0.15) is 60.6 Å². The Morgan fingerprint density at radius 3 is 1.44 bits per heavy atom. The van der Waals surface area contributed by atoms with Crippen molar-refractivity contribution in [3.8, 4) is 103 Å². The van der Waals surface area contributed by atoms with Gasteiger partial charge in [-0.15, -0.1) is 0 Å². The molecule has 0 aromatic heterocycles. The van der Waals surface area contributed by atoms with Crippen LogP contribution in [0.4, 0.5) is 0 Å². The molecule has 0 saturated heterocycles. The molecule has 66 heavy (non-hydrogen) atoms. The molecular formula is C44H36O22. The molecule has 22 nitrogen and oxygen atoms in total. The second-order valence-electron chi connectivity index (χ2n) is 15.0. The first-order valence-electron chi connectivity index (χ1n) is 18.9. The number of carbonyl (C=O) groups is 2. The highest BCUT2D eigenvalue weighted by Gasteiger charge is 2.42. The van der Waals surface area contributed by atoms with E-state index in [1.54, 1.807) is 0 Å². The number of rotatable bonds is 10. The summed E-state index contributed by atoms with van der Waals surface area (Å²) in [6, 6.07) is 8.71. The fourth-order valence-electron chi connectivity index (χ4n) is 7.49. The van der Waals surface area contributed by atoms with Crippen molar-refractivity contribution >= 4 is 11.9 Å². The number of hydrogen-bond acceptors (Lipinski definition) is 22. The second kappa shape index (κ2) is 16.7. The van der Waals surface area contributed by atoms with E-state index in [1.807, 2.05) is 0 Å². The minimum absolute atomic E-state index is 0.176. The maximum Gasteiger partial charge on any atom is 0.338 e. The smallest absolute Gasteiger partial charge is 0.338 e. The highest BCUT2D eigenvalue weighted by Crippen LogP contribution is 2.53. The lowest BCUT2D eigenvalue weighted by Gasteiger charge is -2.36. The third-order valence-electron chi connectivity index (χ3n) is 10.7. The fraction of sp³-hybridized carbons (Fsp3) is 0.136. The van der Waals surface area contributed by atoms with E-state index in [-0.39, 0.29) is 22.4 Å². The zero-order chi connectivity index (χ0) is 48.2. The van der Waals surface area contributed by atoms with Crippen LogP contribution < -0.4 is 4.74 Å². The van der Waals surface area contributed by atoms with Crippen LogP contribution in [0.2, 0.25) is 0 Å². The minimum Gasteiger partial charge on any atom is -0.508 e. The first kappa shape index (κ1) is 44.7. The molecule has 0 amide bonds. The lowest BCUT2D eigenvalue weighted by atomic mass is 9.80. The number of carbonyl (C=O) groups excluding carboxylic acids is 2. The van der Waals surface area contributed by atoms with Crippen LogP contribution in [0.15, 0.2) is 66.7 Å². The first-order chi connectivity index (χ1) is 31.0. The van der Waals surface area contributed by atoms with E-state index in [9.17, 15) is 96.4 Å². The van der Waals surface area contributed by atoms with Gasteiger partial charge in [0.05, 0.1) is 17.0 Å². The van der Waals surface area contributed by atoms with Crippen molar-refractivity contribution in [2.75, 3.05) is 0 Å². The number of hydrogen-bond donors (Lipinski definition) is 17. The Bertz CT molecular complexity index is 2850. The lowest BCUT2D eigenvalue weighted by Crippen LogP contribution is -2.35. The Hall–Kier alpha value is -9.34. The number of esters is 2. The van der Waals surface area contributed by atoms with Gasteiger partial charge in [0.15, 0.2) is 75.1 Å². The van der Waals surface area contributed by atoms with Crippen molar-refractivity contribution < 1.29 is 111 Å². The molecule has 0 spiro atoms. The van der Waals surface area contributed by atoms with Crippen LogP contribution >= 0.6 is 0 Å². The topological polar surface area (TPSA) is 406 Å². The van der Waals surface area contributed by atoms with Crippen molar-refractivity contribution in [1.82, 2.24) is 0 Å². The molecule has 4 atom stereocenters. The fourth-order valence-corrected chi connectivity index (χ4v) is 7.49. The van der Waals surface area contributed by atoms with Gasteiger partial charge >= 0.3 is 11.9 Å². The summed E-state index contributed by atoms with van der Waals surface area (Å²) < 4.78 is 17.6. The van der Waals surface area contributed by atoms with Crippen LogP contribution in [0.5, 0.6) is 103 Å². The Labute approximate surface area is 368 Å². The van der Waals surface area contributed by atoms with E-state index in [2.05, 4.69) is 0 Å². The Morgan fingerprint density at radius 2 is 0.955 bits per heavy atom. The number of phenols is 17. The van der Waals surface area contributed by atoms with Gasteiger partial charge in [0, 0.05) is 53.3 Å². The van der Waals surface area contributed by atoms with Gasteiger partial charge in [-0.2, -0.15) is 0 Å². The second-order valence-corrected chi connectivity index (χ2v) is 15.0. The van der Waals surface area contributed by atoms with Gasteiger partial charge in [0.2, 0.25) is 0 Å². The maximum atomic E-state index is 13.9. The molecule has 1 aliphatic heterocycles. The zero-order valence-electron chi connectivity index (χ0n) is 33.2. The van der Waals surface area contributed by atoms with Gasteiger partial charge in [-0.25, -0.2) is 9.59 Å². The van der Waals surface area contributed by atoms with Crippen LogP contribution in [0.3, 0.4) is 0 Å². The van der Waals surface area contributed by atoms with Crippen molar-refractivity contribution in [3.63, 3.8) is 0 Å². The summed E-state index contributed by atoms with van der Waals surface area (Å²) in [7, 11) is 0. The summed E-state index contributed by atoms with van der Waals surface area (Å²) in [5.74, 6) is -20.8. The lowest BCUT2D eigenvalue weighted by molar-refractivity contribution is -0.0190. The van der Waals surface area contributed by atoms with Crippen molar-refractivity contribution in [2.24, 2.45) is 0 Å². The Balaban J connectivity index is 1.43. The summed E-state index contributed by atoms with van der Waals surface area (Å²) in [6.45, 7) is 0. The minimum atomic E-state index is -1.99. The summed E-state index contributed by atoms with van der Waals surface area (Å²) >= 11 is 0. The summed E-state index contributed by atoms with van der Waals surface area (Å²) in [5, 5.41) is 179. The molecule has 344 valence electrons. The van der Waals surface area contributed by atoms with Gasteiger partial charge in [0.25, 0.3) is 0 Å². The van der Waals surface area contributed by atoms with Crippen molar-refractivity contribution in [1.29, 1.82) is 0 Å². The van der Waals surface area contributed by atoms with E-state index in [0.717, 1.165) is 54.6 Å². The van der Waals surface area contributed by atoms with Crippen molar-refractivity contribution in [3.05, 3.63) is 106 Å². The third-order valence-corrected chi connectivity index (χ3v) is 10.7. The van der Waals surface area contributed by atoms with Crippen LogP contribution in [0, 0.1) is 0 Å². The average Bonchev–Trinajstić information content (AvgIpc) is 3.24. The van der Waals surface area contributed by atoms with Gasteiger partial charge in [-0.1, -0.05) is 0 Å². The molecule has 0 aliphatic carbocycles. The average molecular weight is 917 g/mol. The molecule has 17 N–H and O–H groups in total. The Kier molecular flexibility index (Phi) is 11.3. The predicted octanol–water partition coefficient (Wildman–Crippen LogP) is 4.18. The third kappa shape index (κ3) is 8.19. The predicted molar refractivity (Wildman–Crippen MR) is 218 cm³/mol. The largest absolute Gasteiger partial charge is 0.508 e. The van der Waals surface area contributed by atoms with Gasteiger partial charge in [-0.3, -0.25) is 0 Å². The summed E-state index contributed by atoms with van der Waals surface area (Å²) in [6.07, 6.45) is -6.72. The van der Waals surface area contributed by atoms with E-state index < -0.39 is 169 Å². The number of phenolic OH excluding ortho intramolecular Hbond substituents is 17. The molecule has 6 aromatic rings. The monoisotopic (exact) mass is 916 g/mol. The van der Waals surface area contributed by atoms with Gasteiger partial charge in [-0.05, 0) is 54.1 Å². The number of benzene rings is 6. The molecule has 1 unspecified atom stereocenters. The maximum absolute atomic E-state index is 13.9. The SMILES string of the molecule is O=C(O[C@H](Cc1c(O)cc(O)cc1O)C(c1cc(O)c(O)c(O)c1)c1c(O)cc2c(c1O)C[C@@H](OC(=O)c1cc(O)c(O)c(O)c1)[C@@H](c1cc(O)c(O)c(O)c1)O2)c1cc(O)c(O)c(O)c1.